The summed E-state index contributed by atoms with van der Waals surface area (Å²) in [6.45, 7) is 7.17. The van der Waals surface area contributed by atoms with Gasteiger partial charge in [-0.1, -0.05) is 12.5 Å². The third kappa shape index (κ3) is 2.29. The second kappa shape index (κ2) is 4.41. The van der Waals surface area contributed by atoms with Gasteiger partial charge in [0, 0.05) is 12.2 Å². The molecule has 1 aromatic carbocycles. The summed E-state index contributed by atoms with van der Waals surface area (Å²) in [5.41, 5.74) is 4.96. The minimum Gasteiger partial charge on any atom is -0.383 e. The van der Waals surface area contributed by atoms with Crippen LogP contribution in [0.25, 0.3) is 0 Å². The van der Waals surface area contributed by atoms with E-state index < -0.39 is 0 Å². The fourth-order valence-electron chi connectivity index (χ4n) is 2.35. The molecule has 0 bridgehead atoms. The minimum absolute atomic E-state index is 0.106. The molecule has 1 N–H and O–H groups in total. The molecule has 17 heavy (non-hydrogen) atoms. The van der Waals surface area contributed by atoms with E-state index in [1.54, 1.807) is 0 Å². The average molecular weight is 228 g/mol. The molecular formula is C15H20N2. The van der Waals surface area contributed by atoms with Crippen molar-refractivity contribution in [3.8, 4) is 6.07 Å². The van der Waals surface area contributed by atoms with Crippen molar-refractivity contribution in [1.82, 2.24) is 0 Å². The molecule has 2 nitrogen and oxygen atoms in total. The van der Waals surface area contributed by atoms with Crippen LogP contribution in [0.4, 0.5) is 5.69 Å². The minimum atomic E-state index is -0.106. The Hall–Kier alpha value is -1.49. The molecule has 0 radical (unpaired) electrons. The predicted molar refractivity (Wildman–Crippen MR) is 71.0 cm³/mol. The number of nitrogens with one attached hydrogen (secondary N) is 1. The molecule has 1 aliphatic carbocycles. The molecular weight excluding hydrogens is 208 g/mol. The number of benzene rings is 1. The van der Waals surface area contributed by atoms with Crippen molar-refractivity contribution < 1.29 is 0 Å². The molecule has 2 rings (SSSR count). The van der Waals surface area contributed by atoms with E-state index in [0.717, 1.165) is 19.4 Å². The smallest absolute Gasteiger partial charge is 0.0746 e. The van der Waals surface area contributed by atoms with Crippen molar-refractivity contribution in [3.63, 3.8) is 0 Å². The molecule has 90 valence electrons. The Kier molecular flexibility index (Phi) is 3.11. The maximum atomic E-state index is 9.19. The summed E-state index contributed by atoms with van der Waals surface area (Å²) in [7, 11) is 0. The third-order valence-corrected chi connectivity index (χ3v) is 4.01. The Morgan fingerprint density at radius 2 is 1.82 bits per heavy atom. The number of nitrogens with zero attached hydrogens (tertiary/aromatic N) is 1. The first-order chi connectivity index (χ1) is 8.06. The molecule has 1 aliphatic rings. The second-order valence-corrected chi connectivity index (χ2v) is 5.35. The van der Waals surface area contributed by atoms with Gasteiger partial charge in [0.2, 0.25) is 0 Å². The zero-order valence-electron chi connectivity index (χ0n) is 10.9. The van der Waals surface area contributed by atoms with E-state index >= 15 is 0 Å². The number of anilines is 1. The topological polar surface area (TPSA) is 35.8 Å². The van der Waals surface area contributed by atoms with Gasteiger partial charge in [-0.25, -0.2) is 0 Å². The lowest BCUT2D eigenvalue weighted by molar-refractivity contribution is 0.233. The highest BCUT2D eigenvalue weighted by molar-refractivity contribution is 5.55. The molecule has 0 aromatic heterocycles. The van der Waals surface area contributed by atoms with Crippen molar-refractivity contribution in [2.24, 2.45) is 5.41 Å². The van der Waals surface area contributed by atoms with Gasteiger partial charge in [-0.05, 0) is 56.4 Å². The Bertz CT molecular complexity index is 465. The number of hydrogen-bond donors (Lipinski definition) is 1. The molecule has 0 heterocycles. The summed E-state index contributed by atoms with van der Waals surface area (Å²) in [6.07, 6.45) is 3.28. The highest BCUT2D eigenvalue weighted by atomic mass is 14.9. The highest BCUT2D eigenvalue weighted by Crippen LogP contribution is 2.40. The van der Waals surface area contributed by atoms with Crippen LogP contribution in [0.5, 0.6) is 0 Å². The number of hydrogen-bond acceptors (Lipinski definition) is 2. The quantitative estimate of drug-likeness (QED) is 0.856. The zero-order chi connectivity index (χ0) is 12.5. The number of nitriles is 1. The maximum absolute atomic E-state index is 9.19. The molecule has 0 spiro atoms. The summed E-state index contributed by atoms with van der Waals surface area (Å²) in [5.74, 6) is 0. The van der Waals surface area contributed by atoms with E-state index in [4.69, 9.17) is 0 Å². The lowest BCUT2D eigenvalue weighted by atomic mass is 9.70. The lowest BCUT2D eigenvalue weighted by Crippen LogP contribution is -2.35. The van der Waals surface area contributed by atoms with Gasteiger partial charge in [0.1, 0.15) is 0 Å². The molecule has 0 atom stereocenters. The summed E-state index contributed by atoms with van der Waals surface area (Å²) in [5, 5.41) is 12.6. The van der Waals surface area contributed by atoms with Crippen molar-refractivity contribution in [2.75, 3.05) is 11.9 Å². The van der Waals surface area contributed by atoms with Gasteiger partial charge in [-0.2, -0.15) is 5.26 Å². The monoisotopic (exact) mass is 228 g/mol. The van der Waals surface area contributed by atoms with Crippen LogP contribution < -0.4 is 5.32 Å². The summed E-state index contributed by atoms with van der Waals surface area (Å²) >= 11 is 0. The average Bonchev–Trinajstić information content (AvgIpc) is 2.24. The first-order valence-corrected chi connectivity index (χ1v) is 6.29. The van der Waals surface area contributed by atoms with Crippen LogP contribution in [-0.4, -0.2) is 6.54 Å². The van der Waals surface area contributed by atoms with Gasteiger partial charge in [-0.15, -0.1) is 0 Å². The van der Waals surface area contributed by atoms with E-state index in [0.29, 0.717) is 0 Å². The fourth-order valence-corrected chi connectivity index (χ4v) is 2.35. The third-order valence-electron chi connectivity index (χ3n) is 4.01. The molecule has 0 saturated heterocycles. The van der Waals surface area contributed by atoms with Gasteiger partial charge in [0.25, 0.3) is 0 Å². The van der Waals surface area contributed by atoms with E-state index in [1.807, 2.05) is 0 Å². The molecule has 0 unspecified atom stereocenters. The van der Waals surface area contributed by atoms with E-state index in [2.05, 4.69) is 44.3 Å². The van der Waals surface area contributed by atoms with Crippen LogP contribution in [0, 0.1) is 37.5 Å². The van der Waals surface area contributed by atoms with Crippen molar-refractivity contribution in [1.29, 1.82) is 5.26 Å². The summed E-state index contributed by atoms with van der Waals surface area (Å²) < 4.78 is 0. The predicted octanol–water partition coefficient (Wildman–Crippen LogP) is 3.72. The van der Waals surface area contributed by atoms with E-state index in [-0.39, 0.29) is 5.41 Å². The molecule has 0 aliphatic heterocycles. The van der Waals surface area contributed by atoms with Gasteiger partial charge < -0.3 is 5.32 Å². The Morgan fingerprint density at radius 3 is 2.35 bits per heavy atom. The largest absolute Gasteiger partial charge is 0.383 e. The van der Waals surface area contributed by atoms with Crippen molar-refractivity contribution in [2.45, 2.75) is 40.0 Å². The molecule has 2 heteroatoms. The normalized spacial score (nSPS) is 17.1. The summed E-state index contributed by atoms with van der Waals surface area (Å²) in [4.78, 5) is 0. The number of aryl methyl sites for hydroxylation is 3. The van der Waals surface area contributed by atoms with Crippen LogP contribution in [0.1, 0.15) is 36.0 Å². The maximum Gasteiger partial charge on any atom is 0.0746 e. The molecule has 0 amide bonds. The number of rotatable bonds is 3. The highest BCUT2D eigenvalue weighted by Gasteiger charge is 2.36. The van der Waals surface area contributed by atoms with E-state index in [1.165, 1.54) is 28.8 Å². The fraction of sp³-hybridized carbons (Fsp3) is 0.533. The van der Waals surface area contributed by atoms with Crippen LogP contribution in [-0.2, 0) is 0 Å². The van der Waals surface area contributed by atoms with Crippen LogP contribution in [0.3, 0.4) is 0 Å². The zero-order valence-corrected chi connectivity index (χ0v) is 10.9. The standard InChI is InChI=1S/C15H20N2/c1-11-7-13(3)14(8-12(11)2)17-10-15(9-16)5-4-6-15/h7-8,17H,4-6,10H2,1-3H3. The van der Waals surface area contributed by atoms with Crippen molar-refractivity contribution in [3.05, 3.63) is 28.8 Å². The Morgan fingerprint density at radius 1 is 1.18 bits per heavy atom. The van der Waals surface area contributed by atoms with Gasteiger partial charge >= 0.3 is 0 Å². The Labute approximate surface area is 104 Å². The van der Waals surface area contributed by atoms with Crippen LogP contribution >= 0.6 is 0 Å². The molecule has 1 saturated carbocycles. The molecule has 1 fully saturated rings. The summed E-state index contributed by atoms with van der Waals surface area (Å²) in [6, 6.07) is 6.86. The van der Waals surface area contributed by atoms with Crippen LogP contribution in [0.2, 0.25) is 0 Å². The lowest BCUT2D eigenvalue weighted by Gasteiger charge is -2.35. The van der Waals surface area contributed by atoms with E-state index in [9.17, 15) is 5.26 Å². The van der Waals surface area contributed by atoms with Crippen LogP contribution in [0.15, 0.2) is 12.1 Å². The van der Waals surface area contributed by atoms with Crippen molar-refractivity contribution >= 4 is 5.69 Å². The first-order valence-electron chi connectivity index (χ1n) is 6.29. The SMILES string of the molecule is Cc1cc(C)c(NCC2(C#N)CCC2)cc1C. The van der Waals surface area contributed by atoms with Gasteiger partial charge in [-0.3, -0.25) is 0 Å². The van der Waals surface area contributed by atoms with Gasteiger partial charge in [0.05, 0.1) is 11.5 Å². The Balaban J connectivity index is 2.09. The first kappa shape index (κ1) is 12.0. The second-order valence-electron chi connectivity index (χ2n) is 5.35. The molecule has 1 aromatic rings. The van der Waals surface area contributed by atoms with Gasteiger partial charge in [0.15, 0.2) is 0 Å².